The van der Waals surface area contributed by atoms with Gasteiger partial charge in [0.1, 0.15) is 6.07 Å². The zero-order chi connectivity index (χ0) is 14.0. The summed E-state index contributed by atoms with van der Waals surface area (Å²) in [6.45, 7) is 4.12. The Labute approximate surface area is 112 Å². The summed E-state index contributed by atoms with van der Waals surface area (Å²) in [5.41, 5.74) is 11.4. The first-order chi connectivity index (χ1) is 9.06. The molecule has 0 saturated carbocycles. The number of nitriles is 1. The predicted octanol–water partition coefficient (Wildman–Crippen LogP) is 2.86. The van der Waals surface area contributed by atoms with E-state index in [2.05, 4.69) is 30.2 Å². The molecule has 1 aromatic heterocycles. The van der Waals surface area contributed by atoms with Crippen LogP contribution < -0.4 is 11.1 Å². The van der Waals surface area contributed by atoms with Gasteiger partial charge in [0.25, 0.3) is 0 Å². The first kappa shape index (κ1) is 12.9. The summed E-state index contributed by atoms with van der Waals surface area (Å²) in [5.74, 6) is 0. The van der Waals surface area contributed by atoms with E-state index in [0.29, 0.717) is 5.69 Å². The van der Waals surface area contributed by atoms with Crippen LogP contribution >= 0.6 is 0 Å². The van der Waals surface area contributed by atoms with Crippen LogP contribution in [0.2, 0.25) is 0 Å². The topological polar surface area (TPSA) is 74.7 Å². The maximum Gasteiger partial charge on any atom is 0.166 e. The molecule has 0 saturated heterocycles. The Hall–Kier alpha value is -2.54. The van der Waals surface area contributed by atoms with Crippen LogP contribution in [0, 0.1) is 25.2 Å². The molecule has 0 atom stereocenters. The fraction of sp³-hybridized carbons (Fsp3) is 0.200. The van der Waals surface area contributed by atoms with Crippen molar-refractivity contribution < 1.29 is 0 Å². The average Bonchev–Trinajstić information content (AvgIpc) is 2.42. The molecule has 0 amide bonds. The molecule has 2 rings (SSSR count). The van der Waals surface area contributed by atoms with Gasteiger partial charge in [-0.1, -0.05) is 12.1 Å². The van der Waals surface area contributed by atoms with Gasteiger partial charge < -0.3 is 11.1 Å². The van der Waals surface area contributed by atoms with Crippen molar-refractivity contribution in [2.45, 2.75) is 13.8 Å². The number of rotatable bonds is 2. The lowest BCUT2D eigenvalue weighted by molar-refractivity contribution is 1.25. The summed E-state index contributed by atoms with van der Waals surface area (Å²) in [4.78, 5) is 4.31. The normalized spacial score (nSPS) is 10.0. The molecule has 19 heavy (non-hydrogen) atoms. The zero-order valence-electron chi connectivity index (χ0n) is 11.3. The monoisotopic (exact) mass is 252 g/mol. The van der Waals surface area contributed by atoms with E-state index in [4.69, 9.17) is 11.0 Å². The van der Waals surface area contributed by atoms with Crippen molar-refractivity contribution in [1.82, 2.24) is 4.98 Å². The van der Waals surface area contributed by atoms with Gasteiger partial charge in [-0.3, -0.25) is 0 Å². The highest BCUT2D eigenvalue weighted by molar-refractivity contribution is 5.77. The lowest BCUT2D eigenvalue weighted by Crippen LogP contribution is -2.02. The maximum absolute atomic E-state index is 9.09. The van der Waals surface area contributed by atoms with Gasteiger partial charge in [-0.2, -0.15) is 5.26 Å². The zero-order valence-corrected chi connectivity index (χ0v) is 11.3. The number of pyridine rings is 1. The quantitative estimate of drug-likeness (QED) is 0.861. The molecule has 0 unspecified atom stereocenters. The number of nitrogens with zero attached hydrogens (tertiary/aromatic N) is 2. The van der Waals surface area contributed by atoms with E-state index in [0.717, 1.165) is 16.9 Å². The summed E-state index contributed by atoms with van der Waals surface area (Å²) in [6, 6.07) is 10.0. The van der Waals surface area contributed by atoms with E-state index in [1.807, 2.05) is 24.3 Å². The van der Waals surface area contributed by atoms with E-state index in [1.165, 1.54) is 11.1 Å². The van der Waals surface area contributed by atoms with Crippen molar-refractivity contribution >= 4 is 11.4 Å². The third-order valence-corrected chi connectivity index (χ3v) is 3.24. The minimum atomic E-state index is 0.250. The smallest absolute Gasteiger partial charge is 0.166 e. The maximum atomic E-state index is 9.09. The highest BCUT2D eigenvalue weighted by Gasteiger charge is 2.10. The van der Waals surface area contributed by atoms with Gasteiger partial charge in [-0.15, -0.1) is 0 Å². The lowest BCUT2D eigenvalue weighted by Gasteiger charge is -2.10. The van der Waals surface area contributed by atoms with Crippen LogP contribution in [-0.2, 0) is 0 Å². The number of nitrogens with two attached hydrogens (primary N) is 1. The van der Waals surface area contributed by atoms with Crippen LogP contribution in [-0.4, -0.2) is 12.0 Å². The van der Waals surface area contributed by atoms with Crippen LogP contribution in [0.5, 0.6) is 0 Å². The Balaban J connectivity index is 2.62. The Bertz CT molecular complexity index is 669. The van der Waals surface area contributed by atoms with Gasteiger partial charge in [0.15, 0.2) is 5.69 Å². The fourth-order valence-electron chi connectivity index (χ4n) is 1.90. The highest BCUT2D eigenvalue weighted by atomic mass is 14.9. The number of aromatic nitrogens is 1. The molecule has 1 aromatic carbocycles. The van der Waals surface area contributed by atoms with Gasteiger partial charge in [0.05, 0.1) is 17.1 Å². The number of benzene rings is 1. The standard InChI is InChI=1S/C15H16N4/c1-9-4-5-11(6-10(9)2)12-7-13(18-3)15(17)14(8-16)19-12/h4-7H,17H2,1-3H3,(H,18,19). The van der Waals surface area contributed by atoms with Crippen LogP contribution in [0.1, 0.15) is 16.8 Å². The molecule has 4 heteroatoms. The number of nitrogens with one attached hydrogen (secondary N) is 1. The number of anilines is 2. The SMILES string of the molecule is CNc1cc(-c2ccc(C)c(C)c2)nc(C#N)c1N. The number of hydrogen-bond donors (Lipinski definition) is 2. The van der Waals surface area contributed by atoms with Gasteiger partial charge >= 0.3 is 0 Å². The Morgan fingerprint density at radius 1 is 1.21 bits per heavy atom. The largest absolute Gasteiger partial charge is 0.395 e. The van der Waals surface area contributed by atoms with Gasteiger partial charge in [-0.25, -0.2) is 4.98 Å². The van der Waals surface area contributed by atoms with E-state index < -0.39 is 0 Å². The van der Waals surface area contributed by atoms with E-state index in [9.17, 15) is 0 Å². The van der Waals surface area contributed by atoms with Crippen molar-refractivity contribution in [3.8, 4) is 17.3 Å². The Kier molecular flexibility index (Phi) is 3.39. The second-order valence-electron chi connectivity index (χ2n) is 4.48. The summed E-state index contributed by atoms with van der Waals surface area (Å²) >= 11 is 0. The molecule has 0 radical (unpaired) electrons. The van der Waals surface area contributed by atoms with Crippen molar-refractivity contribution in [2.24, 2.45) is 0 Å². The molecule has 0 spiro atoms. The third kappa shape index (κ3) is 2.36. The minimum absolute atomic E-state index is 0.250. The van der Waals surface area contributed by atoms with Crippen molar-refractivity contribution in [2.75, 3.05) is 18.1 Å². The van der Waals surface area contributed by atoms with Crippen LogP contribution in [0.15, 0.2) is 24.3 Å². The molecule has 3 N–H and O–H groups in total. The van der Waals surface area contributed by atoms with Crippen LogP contribution in [0.4, 0.5) is 11.4 Å². The first-order valence-corrected chi connectivity index (χ1v) is 6.02. The number of nitrogen functional groups attached to an aromatic ring is 1. The molecule has 4 nitrogen and oxygen atoms in total. The van der Waals surface area contributed by atoms with Crippen molar-refractivity contribution in [3.63, 3.8) is 0 Å². The molecule has 0 aliphatic rings. The lowest BCUT2D eigenvalue weighted by atomic mass is 10.0. The second kappa shape index (κ2) is 4.99. The fourth-order valence-corrected chi connectivity index (χ4v) is 1.90. The molecule has 0 aliphatic heterocycles. The molecular formula is C15H16N4. The van der Waals surface area contributed by atoms with Gasteiger partial charge in [0, 0.05) is 12.6 Å². The van der Waals surface area contributed by atoms with Crippen molar-refractivity contribution in [1.29, 1.82) is 5.26 Å². The number of aryl methyl sites for hydroxylation is 2. The Morgan fingerprint density at radius 2 is 1.95 bits per heavy atom. The summed E-state index contributed by atoms with van der Waals surface area (Å²) < 4.78 is 0. The first-order valence-electron chi connectivity index (χ1n) is 6.02. The molecule has 0 fully saturated rings. The van der Waals surface area contributed by atoms with E-state index in [-0.39, 0.29) is 5.69 Å². The summed E-state index contributed by atoms with van der Waals surface area (Å²) in [5, 5.41) is 12.1. The van der Waals surface area contributed by atoms with Crippen molar-refractivity contribution in [3.05, 3.63) is 41.1 Å². The Morgan fingerprint density at radius 3 is 2.53 bits per heavy atom. The number of hydrogen-bond acceptors (Lipinski definition) is 4. The molecule has 96 valence electrons. The third-order valence-electron chi connectivity index (χ3n) is 3.24. The highest BCUT2D eigenvalue weighted by Crippen LogP contribution is 2.28. The predicted molar refractivity (Wildman–Crippen MR) is 77.8 cm³/mol. The molecular weight excluding hydrogens is 236 g/mol. The van der Waals surface area contributed by atoms with Crippen LogP contribution in [0.25, 0.3) is 11.3 Å². The summed E-state index contributed by atoms with van der Waals surface area (Å²) in [7, 11) is 1.77. The summed E-state index contributed by atoms with van der Waals surface area (Å²) in [6.07, 6.45) is 0. The molecule has 1 heterocycles. The molecule has 2 aromatic rings. The minimum Gasteiger partial charge on any atom is -0.395 e. The second-order valence-corrected chi connectivity index (χ2v) is 4.48. The molecule has 0 aliphatic carbocycles. The van der Waals surface area contributed by atoms with Crippen LogP contribution in [0.3, 0.4) is 0 Å². The van der Waals surface area contributed by atoms with E-state index in [1.54, 1.807) is 7.05 Å². The van der Waals surface area contributed by atoms with Gasteiger partial charge in [0.2, 0.25) is 0 Å². The van der Waals surface area contributed by atoms with Gasteiger partial charge in [-0.05, 0) is 37.1 Å². The molecule has 0 bridgehead atoms. The average molecular weight is 252 g/mol. The van der Waals surface area contributed by atoms with E-state index >= 15 is 0 Å².